The first-order valence-corrected chi connectivity index (χ1v) is 8.98. The molecule has 1 atom stereocenters. The SMILES string of the molecule is Cc1cccc(CN2CC[C@@H](Nc3ncc(C=CC(=O)O)cc3Cl)C2)c1. The van der Waals surface area contributed by atoms with E-state index in [-0.39, 0.29) is 0 Å². The first-order valence-electron chi connectivity index (χ1n) is 8.60. The summed E-state index contributed by atoms with van der Waals surface area (Å²) in [6.45, 7) is 5.02. The van der Waals surface area contributed by atoms with Gasteiger partial charge in [0.25, 0.3) is 0 Å². The summed E-state index contributed by atoms with van der Waals surface area (Å²) < 4.78 is 0. The van der Waals surface area contributed by atoms with Gasteiger partial charge in [-0.05, 0) is 36.6 Å². The van der Waals surface area contributed by atoms with Gasteiger partial charge in [-0.2, -0.15) is 0 Å². The van der Waals surface area contributed by atoms with Crippen molar-refractivity contribution >= 4 is 29.5 Å². The Kier molecular flexibility index (Phi) is 5.91. The summed E-state index contributed by atoms with van der Waals surface area (Å²) in [5.41, 5.74) is 3.27. The third kappa shape index (κ3) is 5.07. The number of nitrogens with zero attached hydrogens (tertiary/aromatic N) is 2. The number of pyridine rings is 1. The third-order valence-corrected chi connectivity index (χ3v) is 4.67. The number of nitrogens with one attached hydrogen (secondary N) is 1. The Morgan fingerprint density at radius 2 is 2.31 bits per heavy atom. The van der Waals surface area contributed by atoms with Crippen LogP contribution in [-0.2, 0) is 11.3 Å². The lowest BCUT2D eigenvalue weighted by atomic mass is 10.1. The molecule has 136 valence electrons. The van der Waals surface area contributed by atoms with Crippen LogP contribution in [0.4, 0.5) is 5.82 Å². The molecule has 2 aromatic rings. The quantitative estimate of drug-likeness (QED) is 0.755. The van der Waals surface area contributed by atoms with Crippen LogP contribution < -0.4 is 5.32 Å². The molecule has 26 heavy (non-hydrogen) atoms. The van der Waals surface area contributed by atoms with E-state index in [0.29, 0.717) is 22.4 Å². The summed E-state index contributed by atoms with van der Waals surface area (Å²) in [4.78, 5) is 17.3. The van der Waals surface area contributed by atoms with Crippen LogP contribution in [0, 0.1) is 6.92 Å². The van der Waals surface area contributed by atoms with Gasteiger partial charge in [-0.3, -0.25) is 4.90 Å². The molecule has 5 nitrogen and oxygen atoms in total. The van der Waals surface area contributed by atoms with Gasteiger partial charge in [-0.15, -0.1) is 0 Å². The Balaban J connectivity index is 1.57. The third-order valence-electron chi connectivity index (χ3n) is 4.38. The Hall–Kier alpha value is -2.37. The summed E-state index contributed by atoms with van der Waals surface area (Å²) in [6.07, 6.45) is 5.20. The summed E-state index contributed by atoms with van der Waals surface area (Å²) in [7, 11) is 0. The molecule has 0 amide bonds. The Labute approximate surface area is 158 Å². The average molecular weight is 372 g/mol. The molecule has 1 aliphatic rings. The minimum absolute atomic E-state index is 0.297. The van der Waals surface area contributed by atoms with Crippen LogP contribution in [0.2, 0.25) is 5.02 Å². The number of likely N-dealkylation sites (tertiary alicyclic amines) is 1. The smallest absolute Gasteiger partial charge is 0.328 e. The molecule has 0 radical (unpaired) electrons. The van der Waals surface area contributed by atoms with Crippen LogP contribution in [0.3, 0.4) is 0 Å². The second-order valence-corrected chi connectivity index (χ2v) is 7.03. The lowest BCUT2D eigenvalue weighted by Gasteiger charge is -2.18. The lowest BCUT2D eigenvalue weighted by molar-refractivity contribution is -0.131. The van der Waals surface area contributed by atoms with Gasteiger partial charge in [0.05, 0.1) is 5.02 Å². The highest BCUT2D eigenvalue weighted by atomic mass is 35.5. The maximum atomic E-state index is 10.6. The highest BCUT2D eigenvalue weighted by Gasteiger charge is 2.23. The van der Waals surface area contributed by atoms with E-state index in [9.17, 15) is 4.79 Å². The van der Waals surface area contributed by atoms with Gasteiger partial charge in [0.2, 0.25) is 0 Å². The number of aliphatic carboxylic acids is 1. The van der Waals surface area contributed by atoms with E-state index in [2.05, 4.69) is 46.4 Å². The molecular formula is C20H22ClN3O2. The summed E-state index contributed by atoms with van der Waals surface area (Å²) >= 11 is 6.29. The van der Waals surface area contributed by atoms with Gasteiger partial charge in [0, 0.05) is 37.9 Å². The minimum atomic E-state index is -0.997. The molecule has 1 aromatic heterocycles. The van der Waals surface area contributed by atoms with Crippen molar-refractivity contribution < 1.29 is 9.90 Å². The zero-order chi connectivity index (χ0) is 18.5. The number of hydrogen-bond acceptors (Lipinski definition) is 4. The molecule has 0 unspecified atom stereocenters. The van der Waals surface area contributed by atoms with Crippen molar-refractivity contribution in [1.29, 1.82) is 0 Å². The molecule has 0 saturated carbocycles. The maximum Gasteiger partial charge on any atom is 0.328 e. The minimum Gasteiger partial charge on any atom is -0.478 e. The predicted octanol–water partition coefficient (Wildman–Crippen LogP) is 3.83. The Morgan fingerprint density at radius 1 is 1.46 bits per heavy atom. The number of carboxylic acids is 1. The number of rotatable bonds is 6. The molecular weight excluding hydrogens is 350 g/mol. The monoisotopic (exact) mass is 371 g/mol. The van der Waals surface area contributed by atoms with Gasteiger partial charge in [-0.1, -0.05) is 41.4 Å². The highest BCUT2D eigenvalue weighted by molar-refractivity contribution is 6.33. The summed E-state index contributed by atoms with van der Waals surface area (Å²) in [6, 6.07) is 10.6. The molecule has 0 bridgehead atoms. The zero-order valence-corrected chi connectivity index (χ0v) is 15.4. The summed E-state index contributed by atoms with van der Waals surface area (Å²) in [5, 5.41) is 12.6. The topological polar surface area (TPSA) is 65.5 Å². The van der Waals surface area contributed by atoms with E-state index >= 15 is 0 Å². The fraction of sp³-hybridized carbons (Fsp3) is 0.300. The van der Waals surface area contributed by atoms with Crippen LogP contribution in [0.25, 0.3) is 6.08 Å². The molecule has 1 saturated heterocycles. The first-order chi connectivity index (χ1) is 12.5. The van der Waals surface area contributed by atoms with Crippen molar-refractivity contribution in [3.8, 4) is 0 Å². The zero-order valence-electron chi connectivity index (χ0n) is 14.7. The fourth-order valence-corrected chi connectivity index (χ4v) is 3.40. The largest absolute Gasteiger partial charge is 0.478 e. The first kappa shape index (κ1) is 18.4. The van der Waals surface area contributed by atoms with E-state index in [1.165, 1.54) is 17.2 Å². The molecule has 1 aromatic carbocycles. The number of benzene rings is 1. The van der Waals surface area contributed by atoms with Gasteiger partial charge in [0.1, 0.15) is 5.82 Å². The van der Waals surface area contributed by atoms with Crippen molar-refractivity contribution in [1.82, 2.24) is 9.88 Å². The second kappa shape index (κ2) is 8.34. The normalized spacial score (nSPS) is 17.7. The van der Waals surface area contributed by atoms with Crippen LogP contribution in [0.5, 0.6) is 0 Å². The van der Waals surface area contributed by atoms with E-state index in [1.807, 2.05) is 0 Å². The molecule has 6 heteroatoms. The van der Waals surface area contributed by atoms with Crippen molar-refractivity contribution in [2.45, 2.75) is 25.9 Å². The molecule has 0 aliphatic carbocycles. The number of anilines is 1. The number of carboxylic acid groups (broad SMARTS) is 1. The maximum absolute atomic E-state index is 10.6. The molecule has 2 heterocycles. The van der Waals surface area contributed by atoms with Gasteiger partial charge in [-0.25, -0.2) is 9.78 Å². The number of halogens is 1. The van der Waals surface area contributed by atoms with Gasteiger partial charge in [0.15, 0.2) is 0 Å². The second-order valence-electron chi connectivity index (χ2n) is 6.62. The van der Waals surface area contributed by atoms with Gasteiger partial charge < -0.3 is 10.4 Å². The Bertz CT molecular complexity index is 822. The predicted molar refractivity (Wildman–Crippen MR) is 104 cm³/mol. The number of aromatic nitrogens is 1. The van der Waals surface area contributed by atoms with Crippen LogP contribution >= 0.6 is 11.6 Å². The molecule has 3 rings (SSSR count). The number of carbonyl (C=O) groups is 1. The average Bonchev–Trinajstić information content (AvgIpc) is 3.02. The van der Waals surface area contributed by atoms with Crippen molar-refractivity contribution in [3.63, 3.8) is 0 Å². The number of hydrogen-bond donors (Lipinski definition) is 2. The standard InChI is InChI=1S/C20H22ClN3O2/c1-14-3-2-4-16(9-14)12-24-8-7-17(13-24)23-20-18(21)10-15(11-22-20)5-6-19(25)26/h2-6,9-11,17H,7-8,12-13H2,1H3,(H,22,23)(H,25,26)/t17-/m1/s1. The lowest BCUT2D eigenvalue weighted by Crippen LogP contribution is -2.26. The summed E-state index contributed by atoms with van der Waals surface area (Å²) in [5.74, 6) is -0.357. The number of aryl methyl sites for hydroxylation is 1. The van der Waals surface area contributed by atoms with Gasteiger partial charge >= 0.3 is 5.97 Å². The van der Waals surface area contributed by atoms with E-state index < -0.39 is 5.97 Å². The molecule has 2 N–H and O–H groups in total. The van der Waals surface area contributed by atoms with Crippen molar-refractivity contribution in [3.05, 3.63) is 64.3 Å². The van der Waals surface area contributed by atoms with Crippen LogP contribution in [0.1, 0.15) is 23.1 Å². The molecule has 1 aliphatic heterocycles. The molecule has 0 spiro atoms. The molecule has 1 fully saturated rings. The highest BCUT2D eigenvalue weighted by Crippen LogP contribution is 2.24. The van der Waals surface area contributed by atoms with Crippen LogP contribution in [-0.4, -0.2) is 40.1 Å². The van der Waals surface area contributed by atoms with Crippen molar-refractivity contribution in [2.24, 2.45) is 0 Å². The van der Waals surface area contributed by atoms with Crippen LogP contribution in [0.15, 0.2) is 42.6 Å². The van der Waals surface area contributed by atoms with Crippen molar-refractivity contribution in [2.75, 3.05) is 18.4 Å². The Morgan fingerprint density at radius 3 is 3.04 bits per heavy atom. The van der Waals surface area contributed by atoms with E-state index in [1.54, 1.807) is 12.3 Å². The van der Waals surface area contributed by atoms with E-state index in [0.717, 1.165) is 32.1 Å². The fourth-order valence-electron chi connectivity index (χ4n) is 3.17. The van der Waals surface area contributed by atoms with E-state index in [4.69, 9.17) is 16.7 Å².